The van der Waals surface area contributed by atoms with E-state index in [1.54, 1.807) is 24.3 Å². The van der Waals surface area contributed by atoms with Crippen LogP contribution in [-0.2, 0) is 20.9 Å². The van der Waals surface area contributed by atoms with Crippen molar-refractivity contribution in [3.63, 3.8) is 0 Å². The lowest BCUT2D eigenvalue weighted by molar-refractivity contribution is -0.120. The van der Waals surface area contributed by atoms with Gasteiger partial charge in [-0.2, -0.15) is 0 Å². The van der Waals surface area contributed by atoms with E-state index in [9.17, 15) is 14.0 Å². The van der Waals surface area contributed by atoms with Gasteiger partial charge in [0, 0.05) is 48.3 Å². The van der Waals surface area contributed by atoms with Crippen LogP contribution in [0, 0.1) is 16.6 Å². The Kier molecular flexibility index (Phi) is 6.70. The van der Waals surface area contributed by atoms with E-state index in [1.807, 2.05) is 19.1 Å². The van der Waals surface area contributed by atoms with Gasteiger partial charge in [-0.1, -0.05) is 52.0 Å². The lowest BCUT2D eigenvalue weighted by Crippen LogP contribution is -2.37. The molecule has 2 aromatic rings. The Morgan fingerprint density at radius 3 is 2.03 bits per heavy atom. The van der Waals surface area contributed by atoms with Gasteiger partial charge in [-0.3, -0.25) is 9.59 Å². The lowest BCUT2D eigenvalue weighted by atomic mass is 9.65. The molecule has 0 atom stereocenters. The maximum absolute atomic E-state index is 14.1. The average molecular weight is 519 g/mol. The van der Waals surface area contributed by atoms with E-state index < -0.39 is 5.92 Å². The summed E-state index contributed by atoms with van der Waals surface area (Å²) in [7, 11) is 0. The van der Waals surface area contributed by atoms with Crippen LogP contribution >= 0.6 is 0 Å². The van der Waals surface area contributed by atoms with Crippen LogP contribution in [0.3, 0.4) is 0 Å². The summed E-state index contributed by atoms with van der Waals surface area (Å²) in [5.41, 5.74) is 1.97. The molecule has 0 aromatic heterocycles. The second-order valence-electron chi connectivity index (χ2n) is 12.1. The maximum Gasteiger partial charge on any atom is 0.163 e. The summed E-state index contributed by atoms with van der Waals surface area (Å²) in [6.07, 6.45) is 2.07. The second-order valence-corrected chi connectivity index (χ2v) is 12.1. The number of allylic oxidation sites excluding steroid dienone is 4. The maximum atomic E-state index is 14.1. The van der Waals surface area contributed by atoms with Crippen molar-refractivity contribution < 1.29 is 28.2 Å². The molecule has 1 aliphatic heterocycles. The molecule has 0 spiro atoms. The van der Waals surface area contributed by atoms with Crippen LogP contribution in [0.4, 0.5) is 4.39 Å². The molecule has 2 aliphatic carbocycles. The predicted octanol–water partition coefficient (Wildman–Crippen LogP) is 7.20. The third-order valence-electron chi connectivity index (χ3n) is 7.52. The summed E-state index contributed by atoms with van der Waals surface area (Å²) in [5.74, 6) is 1.51. The summed E-state index contributed by atoms with van der Waals surface area (Å²) in [5, 5.41) is 0. The highest BCUT2D eigenvalue weighted by Gasteiger charge is 2.47. The zero-order chi connectivity index (χ0) is 27.2. The fourth-order valence-electron chi connectivity index (χ4n) is 5.87. The van der Waals surface area contributed by atoms with Crippen LogP contribution in [0.15, 0.2) is 65.1 Å². The van der Waals surface area contributed by atoms with Crippen molar-refractivity contribution in [3.8, 4) is 11.5 Å². The third-order valence-corrected chi connectivity index (χ3v) is 7.52. The highest BCUT2D eigenvalue weighted by molar-refractivity contribution is 6.06. The van der Waals surface area contributed by atoms with Crippen molar-refractivity contribution in [2.45, 2.75) is 72.8 Å². The third kappa shape index (κ3) is 5.01. The molecule has 1 heterocycles. The zero-order valence-electron chi connectivity index (χ0n) is 22.8. The molecule has 2 aromatic carbocycles. The topological polar surface area (TPSA) is 61.8 Å². The fraction of sp³-hybridized carbons (Fsp3) is 0.438. The summed E-state index contributed by atoms with van der Waals surface area (Å²) >= 11 is 0. The van der Waals surface area contributed by atoms with Gasteiger partial charge >= 0.3 is 0 Å². The van der Waals surface area contributed by atoms with Gasteiger partial charge in [0.1, 0.15) is 23.9 Å². The highest BCUT2D eigenvalue weighted by atomic mass is 19.1. The number of carbonyl (C=O) groups is 2. The quantitative estimate of drug-likeness (QED) is 0.405. The predicted molar refractivity (Wildman–Crippen MR) is 142 cm³/mol. The molecular weight excluding hydrogens is 483 g/mol. The van der Waals surface area contributed by atoms with E-state index in [1.165, 1.54) is 6.07 Å². The number of hydrogen-bond donors (Lipinski definition) is 0. The molecule has 0 radical (unpaired) electrons. The first-order valence-corrected chi connectivity index (χ1v) is 13.3. The van der Waals surface area contributed by atoms with Gasteiger partial charge in [0.05, 0.1) is 6.61 Å². The Hall–Kier alpha value is -3.41. The van der Waals surface area contributed by atoms with Crippen LogP contribution in [0.1, 0.15) is 77.3 Å². The lowest BCUT2D eigenvalue weighted by Gasteiger charge is -2.42. The summed E-state index contributed by atoms with van der Waals surface area (Å²) < 4.78 is 32.4. The summed E-state index contributed by atoms with van der Waals surface area (Å²) in [4.78, 5) is 27.1. The van der Waals surface area contributed by atoms with Gasteiger partial charge in [0.15, 0.2) is 23.1 Å². The van der Waals surface area contributed by atoms with Crippen LogP contribution < -0.4 is 9.47 Å². The molecule has 0 bridgehead atoms. The Bertz CT molecular complexity index is 1310. The smallest absolute Gasteiger partial charge is 0.163 e. The molecule has 0 N–H and O–H groups in total. The van der Waals surface area contributed by atoms with Crippen molar-refractivity contribution in [2.24, 2.45) is 10.8 Å². The number of ketones is 2. The first-order chi connectivity index (χ1) is 18.0. The van der Waals surface area contributed by atoms with E-state index in [0.717, 1.165) is 5.56 Å². The zero-order valence-corrected chi connectivity index (χ0v) is 22.8. The van der Waals surface area contributed by atoms with Gasteiger partial charge < -0.3 is 14.2 Å². The van der Waals surface area contributed by atoms with E-state index in [-0.39, 0.29) is 34.8 Å². The van der Waals surface area contributed by atoms with Crippen LogP contribution in [0.2, 0.25) is 0 Å². The molecule has 6 heteroatoms. The molecule has 3 aliphatic rings. The van der Waals surface area contributed by atoms with Gasteiger partial charge in [-0.25, -0.2) is 4.39 Å². The minimum Gasteiger partial charge on any atom is -0.490 e. The highest BCUT2D eigenvalue weighted by Crippen LogP contribution is 2.53. The fourth-order valence-corrected chi connectivity index (χ4v) is 5.87. The van der Waals surface area contributed by atoms with E-state index >= 15 is 0 Å². The first-order valence-electron chi connectivity index (χ1n) is 13.3. The molecule has 0 fully saturated rings. The van der Waals surface area contributed by atoms with Gasteiger partial charge in [0.25, 0.3) is 0 Å². The summed E-state index contributed by atoms with van der Waals surface area (Å²) in [6.45, 7) is 10.6. The minimum atomic E-state index is -0.513. The largest absolute Gasteiger partial charge is 0.490 e. The Balaban J connectivity index is 1.58. The SMILES string of the molecule is CCOc1cc(C2C3=C(CC(C)(C)CC3=O)OC3=C2C(=O)CC(C)(C)C3)ccc1OCc1ccccc1F. The number of ether oxygens (including phenoxy) is 3. The van der Waals surface area contributed by atoms with Crippen molar-refractivity contribution in [2.75, 3.05) is 6.61 Å². The molecule has 0 saturated carbocycles. The Labute approximate surface area is 223 Å². The molecular formula is C32H35FO5. The van der Waals surface area contributed by atoms with E-state index in [2.05, 4.69) is 27.7 Å². The molecule has 5 rings (SSSR count). The van der Waals surface area contributed by atoms with Gasteiger partial charge in [-0.05, 0) is 41.5 Å². The number of rotatable bonds is 6. The summed E-state index contributed by atoms with van der Waals surface area (Å²) in [6, 6.07) is 12.0. The average Bonchev–Trinajstić information content (AvgIpc) is 2.81. The van der Waals surface area contributed by atoms with E-state index in [0.29, 0.717) is 72.0 Å². The van der Waals surface area contributed by atoms with Crippen molar-refractivity contribution in [1.82, 2.24) is 0 Å². The van der Waals surface area contributed by atoms with Crippen LogP contribution in [-0.4, -0.2) is 18.2 Å². The van der Waals surface area contributed by atoms with Crippen molar-refractivity contribution >= 4 is 11.6 Å². The van der Waals surface area contributed by atoms with Gasteiger partial charge in [0.2, 0.25) is 0 Å². The molecule has 0 unspecified atom stereocenters. The monoisotopic (exact) mass is 518 g/mol. The molecule has 0 saturated heterocycles. The van der Waals surface area contributed by atoms with Crippen molar-refractivity contribution in [1.29, 1.82) is 0 Å². The second kappa shape index (κ2) is 9.72. The number of hydrogen-bond acceptors (Lipinski definition) is 5. The Morgan fingerprint density at radius 2 is 1.45 bits per heavy atom. The number of carbonyl (C=O) groups excluding carboxylic acids is 2. The van der Waals surface area contributed by atoms with Gasteiger partial charge in [-0.15, -0.1) is 0 Å². The molecule has 5 nitrogen and oxygen atoms in total. The standard InChI is InChI=1S/C32H35FO5/c1-6-36-25-13-19(11-12-24(25)37-18-20-9-7-8-10-21(20)33)28-29-22(34)14-31(2,3)16-26(29)38-27-17-32(4,5)15-23(35)30(27)28/h7-13,28H,6,14-18H2,1-5H3. The number of Topliss-reactive ketones (excluding diaryl/α,β-unsaturated/α-hetero) is 2. The van der Waals surface area contributed by atoms with E-state index in [4.69, 9.17) is 14.2 Å². The number of benzene rings is 2. The Morgan fingerprint density at radius 1 is 0.842 bits per heavy atom. The van der Waals surface area contributed by atoms with Crippen LogP contribution in [0.5, 0.6) is 11.5 Å². The molecule has 0 amide bonds. The first kappa shape index (κ1) is 26.2. The normalized spacial score (nSPS) is 20.6. The molecule has 38 heavy (non-hydrogen) atoms. The number of halogens is 1. The molecule has 200 valence electrons. The van der Waals surface area contributed by atoms with Crippen LogP contribution in [0.25, 0.3) is 0 Å². The van der Waals surface area contributed by atoms with Crippen molar-refractivity contribution in [3.05, 3.63) is 82.1 Å². The minimum absolute atomic E-state index is 0.0169.